The average Bonchev–Trinajstić information content (AvgIpc) is 3.22. The number of aromatic nitrogens is 1. The van der Waals surface area contributed by atoms with Gasteiger partial charge in [-0.25, -0.2) is 0 Å². The van der Waals surface area contributed by atoms with Crippen LogP contribution in [0.1, 0.15) is 31.4 Å². The van der Waals surface area contributed by atoms with Crippen molar-refractivity contribution in [2.24, 2.45) is 5.92 Å². The Bertz CT molecular complexity index is 378. The van der Waals surface area contributed by atoms with Crippen LogP contribution in [0, 0.1) is 5.92 Å². The fraction of sp³-hybridized carbons (Fsp3) is 0.643. The molecule has 1 aromatic rings. The molecule has 18 heavy (non-hydrogen) atoms. The van der Waals surface area contributed by atoms with Crippen molar-refractivity contribution in [2.75, 3.05) is 20.8 Å². The van der Waals surface area contributed by atoms with Crippen molar-refractivity contribution in [3.05, 3.63) is 18.0 Å². The summed E-state index contributed by atoms with van der Waals surface area (Å²) in [7, 11) is 3.29. The van der Waals surface area contributed by atoms with E-state index in [2.05, 4.69) is 10.3 Å². The van der Waals surface area contributed by atoms with Gasteiger partial charge in [0.15, 0.2) is 11.5 Å². The zero-order valence-corrected chi connectivity index (χ0v) is 11.2. The summed E-state index contributed by atoms with van der Waals surface area (Å²) in [5.41, 5.74) is 0.906. The predicted molar refractivity (Wildman–Crippen MR) is 71.0 cm³/mol. The lowest BCUT2D eigenvalue weighted by molar-refractivity contribution is 0.348. The van der Waals surface area contributed by atoms with E-state index < -0.39 is 0 Å². The first-order valence-electron chi connectivity index (χ1n) is 6.61. The molecule has 0 saturated heterocycles. The molecule has 2 rings (SSSR count). The van der Waals surface area contributed by atoms with E-state index in [0.717, 1.165) is 36.2 Å². The topological polar surface area (TPSA) is 43.4 Å². The van der Waals surface area contributed by atoms with E-state index in [1.807, 2.05) is 6.07 Å². The van der Waals surface area contributed by atoms with Gasteiger partial charge in [-0.05, 0) is 25.3 Å². The van der Waals surface area contributed by atoms with Crippen LogP contribution < -0.4 is 14.8 Å². The summed E-state index contributed by atoms with van der Waals surface area (Å²) in [6.45, 7) is 1.77. The number of methoxy groups -OCH3 is 2. The van der Waals surface area contributed by atoms with Crippen LogP contribution in [0.5, 0.6) is 11.5 Å². The first kappa shape index (κ1) is 13.1. The molecule has 0 unspecified atom stereocenters. The quantitative estimate of drug-likeness (QED) is 0.719. The summed E-state index contributed by atoms with van der Waals surface area (Å²) in [5.74, 6) is 2.48. The summed E-state index contributed by atoms with van der Waals surface area (Å²) in [5, 5.41) is 3.41. The van der Waals surface area contributed by atoms with Crippen LogP contribution in [-0.2, 0) is 6.54 Å². The lowest BCUT2D eigenvalue weighted by atomic mass is 10.2. The Morgan fingerprint density at radius 3 is 2.83 bits per heavy atom. The van der Waals surface area contributed by atoms with Crippen LogP contribution in [0.25, 0.3) is 0 Å². The summed E-state index contributed by atoms with van der Waals surface area (Å²) in [6, 6.07) is 1.81. The molecule has 1 fully saturated rings. The van der Waals surface area contributed by atoms with Gasteiger partial charge in [0.1, 0.15) is 0 Å². The monoisotopic (exact) mass is 250 g/mol. The van der Waals surface area contributed by atoms with Crippen molar-refractivity contribution < 1.29 is 9.47 Å². The molecule has 1 aromatic heterocycles. The Morgan fingerprint density at radius 1 is 1.33 bits per heavy atom. The summed E-state index contributed by atoms with van der Waals surface area (Å²) >= 11 is 0. The van der Waals surface area contributed by atoms with E-state index >= 15 is 0 Å². The normalized spacial score (nSPS) is 14.6. The lowest BCUT2D eigenvalue weighted by Gasteiger charge is -2.12. The molecule has 0 radical (unpaired) electrons. The van der Waals surface area contributed by atoms with Gasteiger partial charge >= 0.3 is 0 Å². The Hall–Kier alpha value is -1.29. The van der Waals surface area contributed by atoms with Crippen molar-refractivity contribution >= 4 is 0 Å². The smallest absolute Gasteiger partial charge is 0.183 e. The van der Waals surface area contributed by atoms with Crippen LogP contribution in [0.3, 0.4) is 0 Å². The molecule has 0 spiro atoms. The van der Waals surface area contributed by atoms with Crippen LogP contribution >= 0.6 is 0 Å². The van der Waals surface area contributed by atoms with E-state index in [4.69, 9.17) is 9.47 Å². The van der Waals surface area contributed by atoms with Gasteiger partial charge in [-0.2, -0.15) is 0 Å². The molecular weight excluding hydrogens is 228 g/mol. The molecule has 0 amide bonds. The molecule has 1 N–H and O–H groups in total. The molecule has 0 aliphatic heterocycles. The Balaban J connectivity index is 1.79. The molecule has 0 bridgehead atoms. The second-order valence-electron chi connectivity index (χ2n) is 4.76. The van der Waals surface area contributed by atoms with Gasteiger partial charge in [0, 0.05) is 18.8 Å². The summed E-state index contributed by atoms with van der Waals surface area (Å²) in [6.07, 6.45) is 7.23. The molecule has 1 aliphatic rings. The van der Waals surface area contributed by atoms with Crippen molar-refractivity contribution in [2.45, 2.75) is 32.2 Å². The third kappa shape index (κ3) is 3.60. The van der Waals surface area contributed by atoms with Gasteiger partial charge in [0.05, 0.1) is 19.9 Å². The van der Waals surface area contributed by atoms with Gasteiger partial charge in [-0.15, -0.1) is 0 Å². The number of ether oxygens (including phenoxy) is 2. The number of pyridine rings is 1. The first-order valence-corrected chi connectivity index (χ1v) is 6.61. The Kier molecular flexibility index (Phi) is 4.81. The maximum atomic E-state index is 5.35. The minimum absolute atomic E-state index is 0.727. The fourth-order valence-electron chi connectivity index (χ4n) is 2.11. The Labute approximate surface area is 109 Å². The zero-order chi connectivity index (χ0) is 12.8. The molecule has 100 valence electrons. The number of hydrogen-bond acceptors (Lipinski definition) is 4. The molecule has 4 nitrogen and oxygen atoms in total. The summed E-state index contributed by atoms with van der Waals surface area (Å²) < 4.78 is 10.6. The van der Waals surface area contributed by atoms with Gasteiger partial charge in [-0.3, -0.25) is 4.98 Å². The van der Waals surface area contributed by atoms with E-state index in [1.165, 1.54) is 25.7 Å². The minimum Gasteiger partial charge on any atom is -0.493 e. The van der Waals surface area contributed by atoms with Gasteiger partial charge in [0.25, 0.3) is 0 Å². The number of nitrogens with zero attached hydrogens (tertiary/aromatic N) is 1. The van der Waals surface area contributed by atoms with Crippen LogP contribution in [0.2, 0.25) is 0 Å². The third-order valence-electron chi connectivity index (χ3n) is 3.32. The lowest BCUT2D eigenvalue weighted by Crippen LogP contribution is -2.16. The highest BCUT2D eigenvalue weighted by Gasteiger charge is 2.19. The third-order valence-corrected chi connectivity index (χ3v) is 3.32. The van der Waals surface area contributed by atoms with Crippen molar-refractivity contribution in [3.63, 3.8) is 0 Å². The molecule has 4 heteroatoms. The Morgan fingerprint density at radius 2 is 2.17 bits per heavy atom. The van der Waals surface area contributed by atoms with Gasteiger partial charge in [0.2, 0.25) is 0 Å². The number of nitrogens with one attached hydrogen (secondary N) is 1. The molecule has 0 atom stereocenters. The van der Waals surface area contributed by atoms with Crippen LogP contribution in [0.4, 0.5) is 0 Å². The van der Waals surface area contributed by atoms with E-state index in [9.17, 15) is 0 Å². The largest absolute Gasteiger partial charge is 0.493 e. The fourth-order valence-corrected chi connectivity index (χ4v) is 2.11. The summed E-state index contributed by atoms with van der Waals surface area (Å²) in [4.78, 5) is 4.34. The van der Waals surface area contributed by atoms with Crippen molar-refractivity contribution in [1.29, 1.82) is 0 Å². The van der Waals surface area contributed by atoms with Crippen LogP contribution in [0.15, 0.2) is 12.3 Å². The van der Waals surface area contributed by atoms with Gasteiger partial charge < -0.3 is 14.8 Å². The van der Waals surface area contributed by atoms with E-state index in [0.29, 0.717) is 0 Å². The van der Waals surface area contributed by atoms with Gasteiger partial charge in [-0.1, -0.05) is 12.8 Å². The number of rotatable bonds is 8. The van der Waals surface area contributed by atoms with E-state index in [-0.39, 0.29) is 0 Å². The average molecular weight is 250 g/mol. The second-order valence-corrected chi connectivity index (χ2v) is 4.76. The first-order chi connectivity index (χ1) is 8.85. The molecular formula is C14H22N2O2. The number of hydrogen-bond donors (Lipinski definition) is 1. The highest BCUT2D eigenvalue weighted by Crippen LogP contribution is 2.33. The minimum atomic E-state index is 0.727. The van der Waals surface area contributed by atoms with E-state index in [1.54, 1.807) is 20.4 Å². The SMILES string of the molecule is COc1ccnc(CNCCCC2CC2)c1OC. The molecule has 0 aromatic carbocycles. The standard InChI is InChI=1S/C14H22N2O2/c1-17-13-7-9-16-12(14(13)18-2)10-15-8-3-4-11-5-6-11/h7,9,11,15H,3-6,8,10H2,1-2H3. The highest BCUT2D eigenvalue weighted by atomic mass is 16.5. The van der Waals surface area contributed by atoms with Crippen LogP contribution in [-0.4, -0.2) is 25.7 Å². The highest BCUT2D eigenvalue weighted by molar-refractivity contribution is 5.42. The maximum absolute atomic E-state index is 5.35. The second kappa shape index (κ2) is 6.59. The predicted octanol–water partition coefficient (Wildman–Crippen LogP) is 2.38. The maximum Gasteiger partial charge on any atom is 0.183 e. The van der Waals surface area contributed by atoms with Crippen molar-refractivity contribution in [3.8, 4) is 11.5 Å². The molecule has 1 aliphatic carbocycles. The van der Waals surface area contributed by atoms with Crippen molar-refractivity contribution in [1.82, 2.24) is 10.3 Å². The zero-order valence-electron chi connectivity index (χ0n) is 11.2. The molecule has 1 saturated carbocycles. The molecule has 1 heterocycles.